The minimum atomic E-state index is -0.498. The maximum Gasteiger partial charge on any atom is 0.282 e. The number of hydrogen-bond donors (Lipinski definition) is 1. The largest absolute Gasteiger partial charge is 0.382 e. The molecule has 2 aromatic carbocycles. The molecule has 0 bridgehead atoms. The third-order valence-corrected chi connectivity index (χ3v) is 4.87. The van der Waals surface area contributed by atoms with E-state index >= 15 is 0 Å². The lowest BCUT2D eigenvalue weighted by molar-refractivity contribution is -0.385. The van der Waals surface area contributed by atoms with E-state index in [0.717, 1.165) is 18.5 Å². The molecule has 0 aliphatic carbocycles. The van der Waals surface area contributed by atoms with E-state index in [1.165, 1.54) is 23.3 Å². The van der Waals surface area contributed by atoms with Crippen molar-refractivity contribution in [2.24, 2.45) is 0 Å². The number of likely N-dealkylation sites (tertiary alicyclic amines) is 1. The van der Waals surface area contributed by atoms with Gasteiger partial charge in [0.2, 0.25) is 0 Å². The highest BCUT2D eigenvalue weighted by Crippen LogP contribution is 2.24. The normalized spacial score (nSPS) is 14.9. The topological polar surface area (TPSA) is 75.5 Å². The molecule has 136 valence electrons. The molecule has 2 aromatic rings. The lowest BCUT2D eigenvalue weighted by Crippen LogP contribution is -2.42. The fourth-order valence-electron chi connectivity index (χ4n) is 3.32. The number of para-hydroxylation sites is 1. The second kappa shape index (κ2) is 7.56. The fraction of sp³-hybridized carbons (Fsp3) is 0.350. The first-order valence-electron chi connectivity index (χ1n) is 8.82. The number of nitrogens with one attached hydrogen (secondary N) is 1. The van der Waals surface area contributed by atoms with Crippen LogP contribution in [-0.4, -0.2) is 34.9 Å². The zero-order chi connectivity index (χ0) is 18.7. The van der Waals surface area contributed by atoms with Crippen LogP contribution in [0.5, 0.6) is 0 Å². The van der Waals surface area contributed by atoms with Crippen LogP contribution in [0.4, 0.5) is 11.4 Å². The Balaban J connectivity index is 1.64. The standard InChI is InChI=1S/C20H23N3O3/c1-14-7-8-15(2)18(13-14)21-16-9-11-22(12-10-16)20(24)17-5-3-4-6-19(17)23(25)26/h3-8,13,16,21H,9-12H2,1-2H3. The maximum atomic E-state index is 12.7. The van der Waals surface area contributed by atoms with Gasteiger partial charge >= 0.3 is 0 Å². The molecule has 0 atom stereocenters. The Morgan fingerprint density at radius 3 is 2.54 bits per heavy atom. The average Bonchev–Trinajstić information content (AvgIpc) is 2.65. The SMILES string of the molecule is Cc1ccc(C)c(NC2CCN(C(=O)c3ccccc3[N+](=O)[O-])CC2)c1. The van der Waals surface area contributed by atoms with Gasteiger partial charge in [-0.1, -0.05) is 24.3 Å². The lowest BCUT2D eigenvalue weighted by Gasteiger charge is -2.33. The molecule has 0 aromatic heterocycles. The predicted octanol–water partition coefficient (Wildman–Crippen LogP) is 3.93. The van der Waals surface area contributed by atoms with Crippen LogP contribution in [0.3, 0.4) is 0 Å². The molecule has 0 spiro atoms. The van der Waals surface area contributed by atoms with Crippen molar-refractivity contribution in [3.8, 4) is 0 Å². The Hall–Kier alpha value is -2.89. The van der Waals surface area contributed by atoms with Gasteiger partial charge in [0.05, 0.1) is 4.92 Å². The monoisotopic (exact) mass is 353 g/mol. The van der Waals surface area contributed by atoms with Crippen molar-refractivity contribution in [3.05, 3.63) is 69.3 Å². The van der Waals surface area contributed by atoms with Crippen molar-refractivity contribution in [1.82, 2.24) is 4.90 Å². The number of anilines is 1. The van der Waals surface area contributed by atoms with Gasteiger partial charge in [-0.25, -0.2) is 0 Å². The lowest BCUT2D eigenvalue weighted by atomic mass is 10.0. The van der Waals surface area contributed by atoms with Gasteiger partial charge in [-0.05, 0) is 49.9 Å². The Kier molecular flexibility index (Phi) is 5.21. The van der Waals surface area contributed by atoms with E-state index in [0.29, 0.717) is 19.1 Å². The number of nitrogens with zero attached hydrogens (tertiary/aromatic N) is 2. The molecule has 26 heavy (non-hydrogen) atoms. The Morgan fingerprint density at radius 2 is 1.85 bits per heavy atom. The van der Waals surface area contributed by atoms with Crippen LogP contribution in [0.2, 0.25) is 0 Å². The van der Waals surface area contributed by atoms with Gasteiger partial charge in [0.1, 0.15) is 5.56 Å². The molecule has 6 heteroatoms. The Morgan fingerprint density at radius 1 is 1.15 bits per heavy atom. The summed E-state index contributed by atoms with van der Waals surface area (Å²) in [6, 6.07) is 12.8. The molecular formula is C20H23N3O3. The number of rotatable bonds is 4. The molecule has 1 amide bonds. The third-order valence-electron chi connectivity index (χ3n) is 4.87. The van der Waals surface area contributed by atoms with E-state index in [-0.39, 0.29) is 17.2 Å². The number of piperidine rings is 1. The molecule has 1 aliphatic rings. The molecule has 0 unspecified atom stereocenters. The molecule has 1 N–H and O–H groups in total. The van der Waals surface area contributed by atoms with Gasteiger partial charge in [-0.2, -0.15) is 0 Å². The zero-order valence-electron chi connectivity index (χ0n) is 15.1. The first kappa shape index (κ1) is 17.9. The van der Waals surface area contributed by atoms with E-state index in [2.05, 4.69) is 37.4 Å². The molecule has 1 saturated heterocycles. The summed E-state index contributed by atoms with van der Waals surface area (Å²) >= 11 is 0. The van der Waals surface area contributed by atoms with Crippen LogP contribution >= 0.6 is 0 Å². The van der Waals surface area contributed by atoms with Gasteiger partial charge in [0.25, 0.3) is 11.6 Å². The van der Waals surface area contributed by atoms with Crippen LogP contribution in [0.15, 0.2) is 42.5 Å². The van der Waals surface area contributed by atoms with Gasteiger partial charge in [0.15, 0.2) is 0 Å². The Bertz CT molecular complexity index is 827. The number of benzene rings is 2. The van der Waals surface area contributed by atoms with Crippen LogP contribution < -0.4 is 5.32 Å². The quantitative estimate of drug-likeness (QED) is 0.667. The summed E-state index contributed by atoms with van der Waals surface area (Å²) in [5.74, 6) is -0.262. The van der Waals surface area contributed by atoms with Crippen molar-refractivity contribution in [3.63, 3.8) is 0 Å². The second-order valence-corrected chi connectivity index (χ2v) is 6.80. The number of hydrogen-bond acceptors (Lipinski definition) is 4. The van der Waals surface area contributed by atoms with E-state index in [1.807, 2.05) is 0 Å². The maximum absolute atomic E-state index is 12.7. The second-order valence-electron chi connectivity index (χ2n) is 6.80. The van der Waals surface area contributed by atoms with Crippen LogP contribution in [0.1, 0.15) is 34.3 Å². The molecule has 0 radical (unpaired) electrons. The predicted molar refractivity (Wildman–Crippen MR) is 102 cm³/mol. The van der Waals surface area contributed by atoms with Crippen molar-refractivity contribution in [2.45, 2.75) is 32.7 Å². The molecule has 6 nitrogen and oxygen atoms in total. The number of nitro groups is 1. The summed E-state index contributed by atoms with van der Waals surface area (Å²) in [6.07, 6.45) is 1.64. The number of nitro benzene ring substituents is 1. The smallest absolute Gasteiger partial charge is 0.282 e. The number of carbonyl (C=O) groups excluding carboxylic acids is 1. The minimum Gasteiger partial charge on any atom is -0.382 e. The minimum absolute atomic E-state index is 0.131. The fourth-order valence-corrected chi connectivity index (χ4v) is 3.32. The summed E-state index contributed by atoms with van der Waals surface area (Å²) in [5.41, 5.74) is 3.58. The molecule has 1 heterocycles. The summed E-state index contributed by atoms with van der Waals surface area (Å²) in [4.78, 5) is 25.1. The van der Waals surface area contributed by atoms with E-state index in [9.17, 15) is 14.9 Å². The van der Waals surface area contributed by atoms with Crippen LogP contribution in [0.25, 0.3) is 0 Å². The van der Waals surface area contributed by atoms with Gasteiger partial charge < -0.3 is 10.2 Å². The van der Waals surface area contributed by atoms with Crippen molar-refractivity contribution >= 4 is 17.3 Å². The molecule has 3 rings (SSSR count). The summed E-state index contributed by atoms with van der Waals surface area (Å²) in [5, 5.41) is 14.7. The number of carbonyl (C=O) groups is 1. The molecule has 0 saturated carbocycles. The zero-order valence-corrected chi connectivity index (χ0v) is 15.1. The van der Waals surface area contributed by atoms with E-state index < -0.39 is 4.92 Å². The first-order valence-corrected chi connectivity index (χ1v) is 8.82. The van der Waals surface area contributed by atoms with Crippen LogP contribution in [-0.2, 0) is 0 Å². The Labute approximate surface area is 153 Å². The third kappa shape index (κ3) is 3.85. The number of amides is 1. The molecule has 1 aliphatic heterocycles. The highest BCUT2D eigenvalue weighted by Gasteiger charge is 2.28. The highest BCUT2D eigenvalue weighted by atomic mass is 16.6. The van der Waals surface area contributed by atoms with E-state index in [4.69, 9.17) is 0 Å². The van der Waals surface area contributed by atoms with Gasteiger partial charge in [-0.15, -0.1) is 0 Å². The summed E-state index contributed by atoms with van der Waals surface area (Å²) in [7, 11) is 0. The van der Waals surface area contributed by atoms with Crippen molar-refractivity contribution < 1.29 is 9.72 Å². The van der Waals surface area contributed by atoms with Crippen molar-refractivity contribution in [1.29, 1.82) is 0 Å². The van der Waals surface area contributed by atoms with E-state index in [1.54, 1.807) is 17.0 Å². The molecular weight excluding hydrogens is 330 g/mol. The summed E-state index contributed by atoms with van der Waals surface area (Å²) in [6.45, 7) is 5.33. The summed E-state index contributed by atoms with van der Waals surface area (Å²) < 4.78 is 0. The molecule has 1 fully saturated rings. The first-order chi connectivity index (χ1) is 12.5. The van der Waals surface area contributed by atoms with Crippen LogP contribution in [0, 0.1) is 24.0 Å². The average molecular weight is 353 g/mol. The highest BCUT2D eigenvalue weighted by molar-refractivity contribution is 5.98. The van der Waals surface area contributed by atoms with Crippen molar-refractivity contribution in [2.75, 3.05) is 18.4 Å². The number of aryl methyl sites for hydroxylation is 2. The van der Waals surface area contributed by atoms with Gasteiger partial charge in [-0.3, -0.25) is 14.9 Å². The van der Waals surface area contributed by atoms with Gasteiger partial charge in [0, 0.05) is 30.9 Å².